The Morgan fingerprint density at radius 2 is 1.95 bits per heavy atom. The Kier molecular flexibility index (Phi) is 5.43. The summed E-state index contributed by atoms with van der Waals surface area (Å²) in [4.78, 5) is 11.9. The lowest BCUT2D eigenvalue weighted by atomic mass is 10.1. The van der Waals surface area contributed by atoms with Gasteiger partial charge in [0.1, 0.15) is 11.6 Å². The summed E-state index contributed by atoms with van der Waals surface area (Å²) in [5.74, 6) is 0.101. The molecule has 2 aromatic rings. The third-order valence-corrected chi connectivity index (χ3v) is 3.06. The van der Waals surface area contributed by atoms with Crippen molar-refractivity contribution in [1.29, 1.82) is 0 Å². The lowest BCUT2D eigenvalue weighted by molar-refractivity contribution is -0.119. The Hall–Kier alpha value is -2.47. The van der Waals surface area contributed by atoms with Crippen molar-refractivity contribution >= 4 is 28.9 Å². The van der Waals surface area contributed by atoms with Crippen molar-refractivity contribution in [2.24, 2.45) is 0 Å². The van der Waals surface area contributed by atoms with Gasteiger partial charge < -0.3 is 15.4 Å². The fourth-order valence-corrected chi connectivity index (χ4v) is 2.06. The molecule has 6 heteroatoms. The van der Waals surface area contributed by atoms with Crippen LogP contribution in [-0.2, 0) is 11.2 Å². The Morgan fingerprint density at radius 1 is 1.23 bits per heavy atom. The van der Waals surface area contributed by atoms with E-state index in [2.05, 4.69) is 10.6 Å². The average molecular weight is 318 g/mol. The highest BCUT2D eigenvalue weighted by molar-refractivity contribution is 7.80. The van der Waals surface area contributed by atoms with Crippen LogP contribution in [0.25, 0.3) is 0 Å². The van der Waals surface area contributed by atoms with E-state index in [9.17, 15) is 9.18 Å². The number of methoxy groups -OCH3 is 1. The zero-order chi connectivity index (χ0) is 15.9. The lowest BCUT2D eigenvalue weighted by Crippen LogP contribution is -2.35. The fraction of sp³-hybridized carbons (Fsp3) is 0.125. The highest BCUT2D eigenvalue weighted by atomic mass is 32.1. The van der Waals surface area contributed by atoms with Crippen molar-refractivity contribution in [3.8, 4) is 5.75 Å². The predicted molar refractivity (Wildman–Crippen MR) is 87.5 cm³/mol. The number of benzene rings is 2. The topological polar surface area (TPSA) is 50.4 Å². The van der Waals surface area contributed by atoms with E-state index in [-0.39, 0.29) is 23.3 Å². The van der Waals surface area contributed by atoms with E-state index in [4.69, 9.17) is 17.0 Å². The normalized spacial score (nSPS) is 9.91. The zero-order valence-corrected chi connectivity index (χ0v) is 12.7. The molecule has 2 rings (SSSR count). The van der Waals surface area contributed by atoms with Crippen LogP contribution in [0.3, 0.4) is 0 Å². The fourth-order valence-electron chi connectivity index (χ4n) is 1.83. The molecule has 0 unspecified atom stereocenters. The Balaban J connectivity index is 1.86. The predicted octanol–water partition coefficient (Wildman–Crippen LogP) is 2.89. The second-order valence-corrected chi connectivity index (χ2v) is 4.95. The minimum Gasteiger partial charge on any atom is -0.497 e. The van der Waals surface area contributed by atoms with E-state index in [0.717, 1.165) is 11.3 Å². The molecule has 0 bridgehead atoms. The van der Waals surface area contributed by atoms with Gasteiger partial charge in [0.25, 0.3) is 0 Å². The second-order valence-electron chi connectivity index (χ2n) is 4.54. The van der Waals surface area contributed by atoms with E-state index in [0.29, 0.717) is 5.69 Å². The summed E-state index contributed by atoms with van der Waals surface area (Å²) in [6.45, 7) is 0. The van der Waals surface area contributed by atoms with Crippen LogP contribution in [-0.4, -0.2) is 18.1 Å². The summed E-state index contributed by atoms with van der Waals surface area (Å²) < 4.78 is 18.1. The molecule has 0 aliphatic rings. The SMILES string of the molecule is COc1ccc(CC(=O)NC(=S)Nc2cccc(F)c2)cc1. The van der Waals surface area contributed by atoms with Crippen LogP contribution < -0.4 is 15.4 Å². The number of hydrogen-bond acceptors (Lipinski definition) is 3. The van der Waals surface area contributed by atoms with E-state index < -0.39 is 0 Å². The number of ether oxygens (including phenoxy) is 1. The summed E-state index contributed by atoms with van der Waals surface area (Å²) in [7, 11) is 1.58. The number of halogens is 1. The molecule has 0 heterocycles. The van der Waals surface area contributed by atoms with Crippen LogP contribution in [0, 0.1) is 5.82 Å². The first kappa shape index (κ1) is 15.9. The zero-order valence-electron chi connectivity index (χ0n) is 11.9. The van der Waals surface area contributed by atoms with Crippen LogP contribution >= 0.6 is 12.2 Å². The van der Waals surface area contributed by atoms with Gasteiger partial charge in [0.05, 0.1) is 13.5 Å². The Bertz CT molecular complexity index is 674. The number of anilines is 1. The molecular weight excluding hydrogens is 303 g/mol. The molecule has 4 nitrogen and oxygen atoms in total. The molecule has 114 valence electrons. The van der Waals surface area contributed by atoms with Gasteiger partial charge in [0.15, 0.2) is 5.11 Å². The van der Waals surface area contributed by atoms with E-state index in [1.165, 1.54) is 12.1 Å². The molecule has 0 aromatic heterocycles. The van der Waals surface area contributed by atoms with Crippen LogP contribution in [0.1, 0.15) is 5.56 Å². The minimum absolute atomic E-state index is 0.129. The molecule has 22 heavy (non-hydrogen) atoms. The lowest BCUT2D eigenvalue weighted by Gasteiger charge is -2.10. The number of nitrogens with one attached hydrogen (secondary N) is 2. The summed E-state index contributed by atoms with van der Waals surface area (Å²) in [5, 5.41) is 5.44. The molecule has 0 spiro atoms. The number of carbonyl (C=O) groups excluding carboxylic acids is 1. The maximum absolute atomic E-state index is 13.0. The summed E-state index contributed by atoms with van der Waals surface area (Å²) in [6.07, 6.45) is 0.189. The highest BCUT2D eigenvalue weighted by Crippen LogP contribution is 2.12. The summed E-state index contributed by atoms with van der Waals surface area (Å²) in [6, 6.07) is 13.0. The van der Waals surface area contributed by atoms with Crippen molar-refractivity contribution in [2.45, 2.75) is 6.42 Å². The molecule has 0 saturated heterocycles. The van der Waals surface area contributed by atoms with Gasteiger partial charge in [-0.1, -0.05) is 18.2 Å². The molecule has 0 atom stereocenters. The van der Waals surface area contributed by atoms with Gasteiger partial charge in [-0.25, -0.2) is 4.39 Å². The van der Waals surface area contributed by atoms with Crippen molar-refractivity contribution in [2.75, 3.05) is 12.4 Å². The number of thiocarbonyl (C=S) groups is 1. The van der Waals surface area contributed by atoms with Gasteiger partial charge in [0.2, 0.25) is 5.91 Å². The quantitative estimate of drug-likeness (QED) is 0.851. The Morgan fingerprint density at radius 3 is 2.59 bits per heavy atom. The van der Waals surface area contributed by atoms with Crippen molar-refractivity contribution in [3.05, 3.63) is 59.9 Å². The number of rotatable bonds is 4. The third kappa shape index (κ3) is 4.82. The molecule has 0 aliphatic carbocycles. The van der Waals surface area contributed by atoms with Crippen molar-refractivity contribution in [1.82, 2.24) is 5.32 Å². The molecule has 2 aromatic carbocycles. The van der Waals surface area contributed by atoms with E-state index in [1.807, 2.05) is 12.1 Å². The summed E-state index contributed by atoms with van der Waals surface area (Å²) in [5.41, 5.74) is 1.32. The largest absolute Gasteiger partial charge is 0.497 e. The molecule has 0 saturated carbocycles. The second kappa shape index (κ2) is 7.51. The average Bonchev–Trinajstić information content (AvgIpc) is 2.47. The van der Waals surface area contributed by atoms with Crippen LogP contribution in [0.4, 0.5) is 10.1 Å². The summed E-state index contributed by atoms with van der Waals surface area (Å²) >= 11 is 5.03. The first-order valence-corrected chi connectivity index (χ1v) is 6.97. The van der Waals surface area contributed by atoms with Crippen LogP contribution in [0.15, 0.2) is 48.5 Å². The maximum Gasteiger partial charge on any atom is 0.230 e. The van der Waals surface area contributed by atoms with Gasteiger partial charge in [-0.05, 0) is 48.1 Å². The van der Waals surface area contributed by atoms with Gasteiger partial charge in [0, 0.05) is 5.69 Å². The molecule has 2 N–H and O–H groups in total. The maximum atomic E-state index is 13.0. The highest BCUT2D eigenvalue weighted by Gasteiger charge is 2.07. The third-order valence-electron chi connectivity index (χ3n) is 2.86. The Labute approximate surface area is 133 Å². The number of carbonyl (C=O) groups is 1. The van der Waals surface area contributed by atoms with Crippen molar-refractivity contribution in [3.63, 3.8) is 0 Å². The minimum atomic E-state index is -0.377. The molecule has 0 fully saturated rings. The number of amides is 1. The molecule has 0 radical (unpaired) electrons. The standard InChI is InChI=1S/C16H15FN2O2S/c1-21-14-7-5-11(6-8-14)9-15(20)19-16(22)18-13-4-2-3-12(17)10-13/h2-8,10H,9H2,1H3,(H2,18,19,20,22). The van der Waals surface area contributed by atoms with Crippen LogP contribution in [0.2, 0.25) is 0 Å². The molecule has 0 aliphatic heterocycles. The van der Waals surface area contributed by atoms with Gasteiger partial charge in [-0.15, -0.1) is 0 Å². The van der Waals surface area contributed by atoms with E-state index in [1.54, 1.807) is 31.4 Å². The molecular formula is C16H15FN2O2S. The van der Waals surface area contributed by atoms with Gasteiger partial charge in [-0.3, -0.25) is 4.79 Å². The molecule has 1 amide bonds. The van der Waals surface area contributed by atoms with Gasteiger partial charge >= 0.3 is 0 Å². The van der Waals surface area contributed by atoms with Gasteiger partial charge in [-0.2, -0.15) is 0 Å². The monoisotopic (exact) mass is 318 g/mol. The smallest absolute Gasteiger partial charge is 0.230 e. The first-order valence-electron chi connectivity index (χ1n) is 6.56. The van der Waals surface area contributed by atoms with E-state index >= 15 is 0 Å². The number of hydrogen-bond donors (Lipinski definition) is 2. The van der Waals surface area contributed by atoms with Crippen LogP contribution in [0.5, 0.6) is 5.75 Å². The first-order chi connectivity index (χ1) is 10.6. The van der Waals surface area contributed by atoms with Crippen molar-refractivity contribution < 1.29 is 13.9 Å².